The van der Waals surface area contributed by atoms with Gasteiger partial charge in [-0.3, -0.25) is 4.79 Å². The van der Waals surface area contributed by atoms with E-state index >= 15 is 0 Å². The predicted molar refractivity (Wildman–Crippen MR) is 289 cm³/mol. The topological polar surface area (TPSA) is 251 Å². The van der Waals surface area contributed by atoms with E-state index < -0.39 is 44.1 Å². The Bertz CT molecular complexity index is 2440. The first kappa shape index (κ1) is 66.9. The molecule has 4 heterocycles. The molecule has 2 saturated heterocycles. The number of piperidine rings is 2. The van der Waals surface area contributed by atoms with Gasteiger partial charge in [0.2, 0.25) is 0 Å². The van der Waals surface area contributed by atoms with E-state index in [1.54, 1.807) is 35.5 Å². The van der Waals surface area contributed by atoms with Crippen molar-refractivity contribution in [1.29, 1.82) is 0 Å². The molecule has 0 saturated carbocycles. The van der Waals surface area contributed by atoms with Crippen molar-refractivity contribution in [2.24, 2.45) is 0 Å². The molecule has 6 rings (SSSR count). The summed E-state index contributed by atoms with van der Waals surface area (Å²) in [5, 5.41) is 7.00. The molecule has 4 amide bonds. The minimum atomic E-state index is -5.67. The summed E-state index contributed by atoms with van der Waals surface area (Å²) in [5.74, 6) is 0.370. The molecule has 77 heavy (non-hydrogen) atoms. The van der Waals surface area contributed by atoms with Crippen LogP contribution in [0.5, 0.6) is 0 Å². The molecule has 2 fully saturated rings. The fourth-order valence-corrected chi connectivity index (χ4v) is 7.90. The highest BCUT2D eigenvalue weighted by Gasteiger charge is 2.49. The number of hydrogen-bond donors (Lipinski definition) is 3. The number of rotatable bonds is 4. The maximum Gasteiger partial charge on any atom is 0.534 e. The van der Waals surface area contributed by atoms with Crippen LogP contribution in [0.25, 0.3) is 5.57 Å². The Kier molecular flexibility index (Phi) is 25.1. The lowest BCUT2D eigenvalue weighted by Crippen LogP contribution is -2.41. The molecule has 0 aliphatic carbocycles. The predicted octanol–water partition coefficient (Wildman–Crippen LogP) is 10.2. The number of amides is 4. The maximum atomic E-state index is 12.2. The Balaban J connectivity index is 0.000000350. The summed E-state index contributed by atoms with van der Waals surface area (Å²) >= 11 is 0. The Morgan fingerprint density at radius 3 is 1.32 bits per heavy atom. The minimum Gasteiger partial charge on any atom is -0.444 e. The van der Waals surface area contributed by atoms with Gasteiger partial charge in [0.1, 0.15) is 33.9 Å². The molecule has 2 aromatic carbocycles. The molecule has 2 aromatic rings. The minimum absolute atomic E-state index is 0.00806. The van der Waals surface area contributed by atoms with Gasteiger partial charge < -0.3 is 59.3 Å². The van der Waals surface area contributed by atoms with Crippen molar-refractivity contribution in [1.82, 2.24) is 19.6 Å². The first-order chi connectivity index (χ1) is 35.4. The number of hydrogen-bond acceptors (Lipinski definition) is 15. The van der Waals surface area contributed by atoms with Gasteiger partial charge in [-0.25, -0.2) is 19.2 Å². The molecule has 4 aliphatic rings. The average molecular weight is 1110 g/mol. The van der Waals surface area contributed by atoms with Crippen LogP contribution >= 0.6 is 0 Å². The van der Waals surface area contributed by atoms with Crippen molar-refractivity contribution in [3.63, 3.8) is 0 Å². The van der Waals surface area contributed by atoms with E-state index in [9.17, 15) is 45.6 Å². The number of alkyl halides is 3. The molecule has 0 atom stereocenters. The van der Waals surface area contributed by atoms with E-state index in [4.69, 9.17) is 35.5 Å². The van der Waals surface area contributed by atoms with Crippen molar-refractivity contribution in [3.05, 3.63) is 77.6 Å². The van der Waals surface area contributed by atoms with Crippen molar-refractivity contribution < 1.29 is 73.8 Å². The van der Waals surface area contributed by atoms with Gasteiger partial charge in [0.25, 0.3) is 0 Å². The normalized spacial score (nSPS) is 16.6. The number of anilines is 2. The number of halogens is 3. The van der Waals surface area contributed by atoms with Gasteiger partial charge in [0.05, 0.1) is 0 Å². The van der Waals surface area contributed by atoms with E-state index in [1.165, 1.54) is 16.0 Å². The van der Waals surface area contributed by atoms with Crippen LogP contribution < -0.4 is 11.5 Å². The molecule has 0 radical (unpaired) electrons. The first-order valence-corrected chi connectivity index (χ1v) is 26.8. The second kappa shape index (κ2) is 28.9. The number of Topliss-reactive ketones (excluding diaryl/α,β-unsaturated/α-hetero) is 1. The zero-order chi connectivity index (χ0) is 58.7. The summed E-state index contributed by atoms with van der Waals surface area (Å²) in [7, 11) is -4.67. The highest BCUT2D eigenvalue weighted by molar-refractivity contribution is 7.87. The average Bonchev–Trinajstić information content (AvgIpc) is 3.31. The van der Waals surface area contributed by atoms with Crippen molar-refractivity contribution in [3.8, 4) is 0 Å². The number of aliphatic hydroxyl groups is 1. The Hall–Kier alpha value is -6.23. The van der Waals surface area contributed by atoms with Crippen LogP contribution in [0.3, 0.4) is 0 Å². The smallest absolute Gasteiger partial charge is 0.444 e. The molecule has 19 nitrogen and oxygen atoms in total. The summed E-state index contributed by atoms with van der Waals surface area (Å²) in [5.41, 5.74) is 9.32. The molecule has 23 heteroatoms. The van der Waals surface area contributed by atoms with Crippen LogP contribution in [0, 0.1) is 0 Å². The number of likely N-dealkylation sites (tertiary alicyclic amines) is 2. The van der Waals surface area contributed by atoms with Gasteiger partial charge in [-0.1, -0.05) is 30.3 Å². The van der Waals surface area contributed by atoms with Gasteiger partial charge in [0.15, 0.2) is 0 Å². The monoisotopic (exact) mass is 1110 g/mol. The third-order valence-electron chi connectivity index (χ3n) is 10.9. The van der Waals surface area contributed by atoms with Crippen molar-refractivity contribution in [2.75, 3.05) is 70.9 Å². The SMILES string of the molecule is CC(C)(C)OC(=O)N1CC=C(OS(=O)(=O)C(F)(F)F)CC1.CC(C)(C)OC(=O)N1CC=C(c2cccc(N)c2)CC1.CC(C)(C)OC(=O)N1CCC(=O)CC1.CC(C)(C)OC(=O)N1CCC(c2cccc(N)c2)CC1.CO. The third kappa shape index (κ3) is 25.7. The highest BCUT2D eigenvalue weighted by atomic mass is 32.2. The van der Waals surface area contributed by atoms with Crippen LogP contribution in [-0.4, -0.2) is 151 Å². The third-order valence-corrected chi connectivity index (χ3v) is 11.9. The number of ketones is 1. The van der Waals surface area contributed by atoms with Crippen LogP contribution in [0.4, 0.5) is 43.7 Å². The molecular formula is C54H83F3N6O13S. The molecule has 0 spiro atoms. The molecule has 5 N–H and O–H groups in total. The van der Waals surface area contributed by atoms with Crippen LogP contribution in [0.2, 0.25) is 0 Å². The summed E-state index contributed by atoms with van der Waals surface area (Å²) in [6.07, 6.45) is 5.30. The molecule has 4 aliphatic heterocycles. The van der Waals surface area contributed by atoms with Crippen molar-refractivity contribution in [2.45, 2.75) is 155 Å². The number of carbonyl (C=O) groups is 5. The lowest BCUT2D eigenvalue weighted by molar-refractivity contribution is -0.121. The fourth-order valence-electron chi connectivity index (χ4n) is 7.37. The summed E-state index contributed by atoms with van der Waals surface area (Å²) in [4.78, 5) is 64.5. The lowest BCUT2D eigenvalue weighted by atomic mass is 9.89. The zero-order valence-corrected chi connectivity index (χ0v) is 47.9. The Morgan fingerprint density at radius 1 is 0.558 bits per heavy atom. The lowest BCUT2D eigenvalue weighted by Gasteiger charge is -2.33. The number of nitrogen functional groups attached to an aromatic ring is 2. The second-order valence-corrected chi connectivity index (χ2v) is 23.8. The molecule has 434 valence electrons. The second-order valence-electron chi connectivity index (χ2n) is 22.3. The van der Waals surface area contributed by atoms with Crippen LogP contribution in [-0.2, 0) is 38.0 Å². The molecule has 0 bridgehead atoms. The summed E-state index contributed by atoms with van der Waals surface area (Å²) in [6, 6.07) is 15.9. The van der Waals surface area contributed by atoms with E-state index in [2.05, 4.69) is 16.3 Å². The van der Waals surface area contributed by atoms with Crippen LogP contribution in [0.15, 0.2) is 66.4 Å². The van der Waals surface area contributed by atoms with E-state index in [-0.39, 0.29) is 49.3 Å². The largest absolute Gasteiger partial charge is 0.534 e. The molecular weight excluding hydrogens is 1030 g/mol. The number of benzene rings is 2. The molecule has 0 unspecified atom stereocenters. The van der Waals surface area contributed by atoms with Crippen LogP contribution in [0.1, 0.15) is 139 Å². The Labute approximate surface area is 453 Å². The van der Waals surface area contributed by atoms with Gasteiger partial charge in [0, 0.05) is 90.1 Å². The van der Waals surface area contributed by atoms with E-state index in [0.717, 1.165) is 62.5 Å². The maximum absolute atomic E-state index is 12.2. The quantitative estimate of drug-likeness (QED) is 0.111. The van der Waals surface area contributed by atoms with Gasteiger partial charge in [-0.15, -0.1) is 0 Å². The number of nitrogens with zero attached hydrogens (tertiary/aromatic N) is 4. The van der Waals surface area contributed by atoms with Gasteiger partial charge in [-0.2, -0.15) is 21.6 Å². The molecule has 0 aromatic heterocycles. The number of nitrogens with two attached hydrogens (primary N) is 2. The first-order valence-electron chi connectivity index (χ1n) is 25.4. The summed E-state index contributed by atoms with van der Waals surface area (Å²) in [6.45, 7) is 25.5. The highest BCUT2D eigenvalue weighted by Crippen LogP contribution is 2.31. The van der Waals surface area contributed by atoms with E-state index in [1.807, 2.05) is 105 Å². The van der Waals surface area contributed by atoms with E-state index in [0.29, 0.717) is 44.9 Å². The number of ether oxygens (including phenoxy) is 4. The summed E-state index contributed by atoms with van der Waals surface area (Å²) < 4.78 is 83.2. The number of aliphatic hydroxyl groups excluding tert-OH is 1. The van der Waals surface area contributed by atoms with Gasteiger partial charge in [-0.05, 0) is 155 Å². The zero-order valence-electron chi connectivity index (χ0n) is 47.1. The number of carbonyl (C=O) groups excluding carboxylic acids is 5. The Morgan fingerprint density at radius 2 is 0.948 bits per heavy atom. The van der Waals surface area contributed by atoms with Crippen molar-refractivity contribution >= 4 is 57.2 Å². The van der Waals surface area contributed by atoms with Gasteiger partial charge >= 0.3 is 40.0 Å². The standard InChI is InChI=1S/C16H24N2O2.C16H22N2O2.C11H16F3NO5S.C10H17NO3.CH4O/c2*1-16(2,3)20-15(19)18-9-7-12(8-10-18)13-5-4-6-14(17)11-13;1-10(2,3)19-9(16)15-6-4-8(5-7-15)20-21(17,18)11(12,13)14;1-10(2,3)14-9(13)11-6-4-8(12)5-7-11;1-2/h4-6,11-12H,7-10,17H2,1-3H3;4-7,11H,8-10,17H2,1-3H3;4H,5-7H2,1-3H3;4-7H2,1-3H3;2H,1H3. The fraction of sp³-hybridized carbons (Fsp3) is 0.611.